The monoisotopic (exact) mass is 304 g/mol. The number of aliphatic imine (C=N–C) groups is 1. The molecule has 1 aromatic heterocycles. The standard InChI is InChI=1S/C15H21FN6/c1-3-17-15(18-9-12-6-5-7-13(16)8-12)19-10-14-21-20-11-22(14)4-2/h5-8,11H,3-4,9-10H2,1-2H3,(H2,17,18,19). The Kier molecular flexibility index (Phi) is 5.88. The van der Waals surface area contributed by atoms with E-state index in [2.05, 4.69) is 25.8 Å². The average Bonchev–Trinajstić information content (AvgIpc) is 2.97. The van der Waals surface area contributed by atoms with E-state index in [9.17, 15) is 4.39 Å². The van der Waals surface area contributed by atoms with Gasteiger partial charge < -0.3 is 15.2 Å². The van der Waals surface area contributed by atoms with Crippen LogP contribution in [-0.4, -0.2) is 27.3 Å². The van der Waals surface area contributed by atoms with Crippen LogP contribution >= 0.6 is 0 Å². The van der Waals surface area contributed by atoms with Gasteiger partial charge in [-0.15, -0.1) is 10.2 Å². The molecule has 0 amide bonds. The SMILES string of the molecule is CCNC(=NCc1cccc(F)c1)NCc1nncn1CC. The summed E-state index contributed by atoms with van der Waals surface area (Å²) < 4.78 is 15.1. The molecule has 0 saturated carbocycles. The number of hydrogen-bond donors (Lipinski definition) is 2. The Morgan fingerprint density at radius 2 is 2.18 bits per heavy atom. The first kappa shape index (κ1) is 15.9. The second kappa shape index (κ2) is 8.11. The van der Waals surface area contributed by atoms with E-state index in [1.165, 1.54) is 12.1 Å². The Bertz CT molecular complexity index is 622. The van der Waals surface area contributed by atoms with Gasteiger partial charge in [0.25, 0.3) is 0 Å². The van der Waals surface area contributed by atoms with Crippen molar-refractivity contribution in [3.63, 3.8) is 0 Å². The number of nitrogens with one attached hydrogen (secondary N) is 2. The first-order valence-corrected chi connectivity index (χ1v) is 7.36. The van der Waals surface area contributed by atoms with Gasteiger partial charge in [0.15, 0.2) is 11.8 Å². The Morgan fingerprint density at radius 1 is 1.32 bits per heavy atom. The van der Waals surface area contributed by atoms with Crippen molar-refractivity contribution in [2.45, 2.75) is 33.5 Å². The van der Waals surface area contributed by atoms with E-state index < -0.39 is 0 Å². The second-order valence-corrected chi connectivity index (χ2v) is 4.71. The van der Waals surface area contributed by atoms with Gasteiger partial charge in [-0.25, -0.2) is 9.38 Å². The molecule has 0 aliphatic heterocycles. The van der Waals surface area contributed by atoms with E-state index in [0.717, 1.165) is 24.5 Å². The van der Waals surface area contributed by atoms with E-state index in [-0.39, 0.29) is 5.82 Å². The van der Waals surface area contributed by atoms with Crippen molar-refractivity contribution in [2.75, 3.05) is 6.54 Å². The van der Waals surface area contributed by atoms with Gasteiger partial charge in [0.1, 0.15) is 12.1 Å². The largest absolute Gasteiger partial charge is 0.357 e. The summed E-state index contributed by atoms with van der Waals surface area (Å²) in [6.07, 6.45) is 1.70. The number of guanidine groups is 1. The number of hydrogen-bond acceptors (Lipinski definition) is 3. The topological polar surface area (TPSA) is 67.1 Å². The van der Waals surface area contributed by atoms with Gasteiger partial charge >= 0.3 is 0 Å². The number of aryl methyl sites for hydroxylation is 1. The fourth-order valence-electron chi connectivity index (χ4n) is 1.99. The molecular weight excluding hydrogens is 283 g/mol. The third kappa shape index (κ3) is 4.54. The molecule has 0 spiro atoms. The van der Waals surface area contributed by atoms with Crippen molar-refractivity contribution in [1.82, 2.24) is 25.4 Å². The molecule has 2 aromatic rings. The molecule has 0 aliphatic rings. The van der Waals surface area contributed by atoms with Crippen LogP contribution in [0.1, 0.15) is 25.2 Å². The number of aromatic nitrogens is 3. The van der Waals surface area contributed by atoms with Crippen molar-refractivity contribution in [2.24, 2.45) is 4.99 Å². The molecule has 0 unspecified atom stereocenters. The number of nitrogens with zero attached hydrogens (tertiary/aromatic N) is 4. The third-order valence-corrected chi connectivity index (χ3v) is 3.10. The molecular formula is C15H21FN6. The van der Waals surface area contributed by atoms with Gasteiger partial charge in [0.2, 0.25) is 0 Å². The van der Waals surface area contributed by atoms with Gasteiger partial charge in [-0.2, -0.15) is 0 Å². The summed E-state index contributed by atoms with van der Waals surface area (Å²) in [5.41, 5.74) is 0.828. The molecule has 2 rings (SSSR count). The highest BCUT2D eigenvalue weighted by Crippen LogP contribution is 2.04. The van der Waals surface area contributed by atoms with Crippen molar-refractivity contribution in [3.8, 4) is 0 Å². The van der Waals surface area contributed by atoms with Crippen LogP contribution in [0.25, 0.3) is 0 Å². The molecule has 0 aliphatic carbocycles. The van der Waals surface area contributed by atoms with Crippen molar-refractivity contribution < 1.29 is 4.39 Å². The summed E-state index contributed by atoms with van der Waals surface area (Å²) in [6, 6.07) is 6.45. The smallest absolute Gasteiger partial charge is 0.191 e. The van der Waals surface area contributed by atoms with Gasteiger partial charge in [-0.3, -0.25) is 0 Å². The molecule has 22 heavy (non-hydrogen) atoms. The number of benzene rings is 1. The van der Waals surface area contributed by atoms with Crippen molar-refractivity contribution in [3.05, 3.63) is 47.8 Å². The van der Waals surface area contributed by atoms with Gasteiger partial charge in [0, 0.05) is 13.1 Å². The highest BCUT2D eigenvalue weighted by molar-refractivity contribution is 5.79. The van der Waals surface area contributed by atoms with Gasteiger partial charge in [0.05, 0.1) is 13.1 Å². The lowest BCUT2D eigenvalue weighted by molar-refractivity contribution is 0.625. The summed E-state index contributed by atoms with van der Waals surface area (Å²) >= 11 is 0. The van der Waals surface area contributed by atoms with Crippen LogP contribution in [0.2, 0.25) is 0 Å². The van der Waals surface area contributed by atoms with Gasteiger partial charge in [-0.1, -0.05) is 12.1 Å². The summed E-state index contributed by atoms with van der Waals surface area (Å²) in [4.78, 5) is 4.45. The Morgan fingerprint density at radius 3 is 2.91 bits per heavy atom. The fourth-order valence-corrected chi connectivity index (χ4v) is 1.99. The number of halogens is 1. The van der Waals surface area contributed by atoms with E-state index in [1.54, 1.807) is 12.4 Å². The molecule has 1 heterocycles. The van der Waals surface area contributed by atoms with Crippen LogP contribution in [0.4, 0.5) is 4.39 Å². The summed E-state index contributed by atoms with van der Waals surface area (Å²) in [7, 11) is 0. The van der Waals surface area contributed by atoms with E-state index in [4.69, 9.17) is 0 Å². The molecule has 2 N–H and O–H groups in total. The van der Waals surface area contributed by atoms with Crippen molar-refractivity contribution >= 4 is 5.96 Å². The lowest BCUT2D eigenvalue weighted by atomic mass is 10.2. The Balaban J connectivity index is 1.98. The fraction of sp³-hybridized carbons (Fsp3) is 0.400. The summed E-state index contributed by atoms with van der Waals surface area (Å²) in [6.45, 7) is 6.54. The highest BCUT2D eigenvalue weighted by Gasteiger charge is 2.04. The average molecular weight is 304 g/mol. The van der Waals surface area contributed by atoms with E-state index in [0.29, 0.717) is 19.0 Å². The lowest BCUT2D eigenvalue weighted by Gasteiger charge is -2.11. The second-order valence-electron chi connectivity index (χ2n) is 4.71. The first-order valence-electron chi connectivity index (χ1n) is 7.36. The minimum absolute atomic E-state index is 0.248. The van der Waals surface area contributed by atoms with Crippen LogP contribution in [0, 0.1) is 5.82 Å². The van der Waals surface area contributed by atoms with Crippen LogP contribution in [-0.2, 0) is 19.6 Å². The zero-order valence-electron chi connectivity index (χ0n) is 12.9. The molecule has 0 saturated heterocycles. The minimum Gasteiger partial charge on any atom is -0.357 e. The molecule has 0 bridgehead atoms. The molecule has 118 valence electrons. The van der Waals surface area contributed by atoms with Crippen LogP contribution in [0.15, 0.2) is 35.6 Å². The molecule has 7 heteroatoms. The van der Waals surface area contributed by atoms with Crippen molar-refractivity contribution in [1.29, 1.82) is 0 Å². The predicted molar refractivity (Wildman–Crippen MR) is 83.8 cm³/mol. The van der Waals surface area contributed by atoms with Gasteiger partial charge in [-0.05, 0) is 31.5 Å². The maximum absolute atomic E-state index is 13.2. The normalized spacial score (nSPS) is 11.5. The van der Waals surface area contributed by atoms with Crippen LogP contribution in [0.5, 0.6) is 0 Å². The minimum atomic E-state index is -0.248. The van der Waals surface area contributed by atoms with Crippen LogP contribution in [0.3, 0.4) is 0 Å². The third-order valence-electron chi connectivity index (χ3n) is 3.10. The van der Waals surface area contributed by atoms with E-state index >= 15 is 0 Å². The maximum atomic E-state index is 13.2. The Hall–Kier alpha value is -2.44. The predicted octanol–water partition coefficient (Wildman–Crippen LogP) is 1.69. The molecule has 0 radical (unpaired) electrons. The lowest BCUT2D eigenvalue weighted by Crippen LogP contribution is -2.37. The summed E-state index contributed by atoms with van der Waals surface area (Å²) in [5, 5.41) is 14.3. The molecule has 1 aromatic carbocycles. The highest BCUT2D eigenvalue weighted by atomic mass is 19.1. The summed E-state index contributed by atoms with van der Waals surface area (Å²) in [5.74, 6) is 1.26. The number of rotatable bonds is 6. The maximum Gasteiger partial charge on any atom is 0.191 e. The Labute approximate surface area is 129 Å². The van der Waals surface area contributed by atoms with Crippen LogP contribution < -0.4 is 10.6 Å². The molecule has 0 fully saturated rings. The van der Waals surface area contributed by atoms with E-state index in [1.807, 2.05) is 24.5 Å². The zero-order valence-corrected chi connectivity index (χ0v) is 12.9. The molecule has 6 nitrogen and oxygen atoms in total. The first-order chi connectivity index (χ1) is 10.7. The molecule has 0 atom stereocenters. The zero-order chi connectivity index (χ0) is 15.8. The quantitative estimate of drug-likeness (QED) is 0.629.